The second-order valence-corrected chi connectivity index (χ2v) is 12.1. The lowest BCUT2D eigenvalue weighted by Crippen LogP contribution is -2.17. The number of nitrogens with one attached hydrogen (secondary N) is 1. The maximum Gasteiger partial charge on any atom is 0.228 e. The molecule has 0 saturated heterocycles. The number of thioether (sulfide) groups is 1. The van der Waals surface area contributed by atoms with Gasteiger partial charge in [-0.2, -0.15) is 0 Å². The van der Waals surface area contributed by atoms with Crippen molar-refractivity contribution in [1.29, 1.82) is 0 Å². The summed E-state index contributed by atoms with van der Waals surface area (Å²) in [4.78, 5) is 27.6. The smallest absolute Gasteiger partial charge is 0.228 e. The summed E-state index contributed by atoms with van der Waals surface area (Å²) in [5, 5.41) is 5.19. The van der Waals surface area contributed by atoms with E-state index in [1.54, 1.807) is 13.0 Å². The van der Waals surface area contributed by atoms with Crippen LogP contribution in [-0.2, 0) is 17.8 Å². The molecule has 42 heavy (non-hydrogen) atoms. The summed E-state index contributed by atoms with van der Waals surface area (Å²) in [5.41, 5.74) is 4.56. The molecule has 0 aromatic heterocycles. The number of benzene rings is 2. The first-order valence-electron chi connectivity index (χ1n) is 15.7. The fraction of sp³-hybridized carbons (Fsp3) is 0.543. The maximum atomic E-state index is 12.9. The molecule has 0 aliphatic carbocycles. The largest absolute Gasteiger partial charge is 0.493 e. The van der Waals surface area contributed by atoms with Crippen LogP contribution in [0.2, 0.25) is 0 Å². The van der Waals surface area contributed by atoms with Crippen LogP contribution in [0.1, 0.15) is 119 Å². The van der Waals surface area contributed by atoms with Gasteiger partial charge in [0.05, 0.1) is 24.5 Å². The first-order valence-corrected chi connectivity index (χ1v) is 16.7. The number of carbonyl (C=O) groups excluding carboxylic acids is 2. The molecular weight excluding hydrogens is 608 g/mol. The van der Waals surface area contributed by atoms with Crippen molar-refractivity contribution in [1.82, 2.24) is 4.90 Å². The summed E-state index contributed by atoms with van der Waals surface area (Å²) < 4.78 is 6.15. The molecule has 1 N–H and O–H groups in total. The molecule has 1 aliphatic rings. The van der Waals surface area contributed by atoms with Gasteiger partial charge in [-0.1, -0.05) is 102 Å². The molecule has 7 heteroatoms. The van der Waals surface area contributed by atoms with Gasteiger partial charge in [0.15, 0.2) is 5.78 Å². The van der Waals surface area contributed by atoms with Gasteiger partial charge in [0.25, 0.3) is 0 Å². The molecule has 2 aromatic carbocycles. The van der Waals surface area contributed by atoms with Gasteiger partial charge in [0.2, 0.25) is 5.91 Å². The standard InChI is InChI=1S/C35H50N2O3S.BrH/c1-4-5-6-7-8-9-10-11-12-13-14-15-23-40-35-31(17-16-18-33(35)29(3)38)24-34(39)36-32-21-19-30(20-22-32)25-37-27-41-26-28(37)2;/h16-22,26H,4-15,23-25,27H2,1-3H3,(H,36,39);1H. The average molecular weight is 660 g/mol. The van der Waals surface area contributed by atoms with Gasteiger partial charge < -0.3 is 15.0 Å². The first kappa shape index (κ1) is 35.9. The Bertz CT molecular complexity index is 1120. The van der Waals surface area contributed by atoms with Crippen LogP contribution in [0.25, 0.3) is 0 Å². The Morgan fingerprint density at radius 3 is 2.07 bits per heavy atom. The summed E-state index contributed by atoms with van der Waals surface area (Å²) in [6.07, 6.45) is 15.6. The summed E-state index contributed by atoms with van der Waals surface area (Å²) in [7, 11) is 0. The van der Waals surface area contributed by atoms with Gasteiger partial charge in [0.1, 0.15) is 5.75 Å². The highest BCUT2D eigenvalue weighted by Gasteiger charge is 2.17. The van der Waals surface area contributed by atoms with E-state index in [9.17, 15) is 9.59 Å². The SMILES string of the molecule is Br.CCCCCCCCCCCCCCOc1c(CC(=O)Nc2ccc(CN3CSC=C3C)cc2)cccc1C(C)=O. The van der Waals surface area contributed by atoms with Gasteiger partial charge in [0, 0.05) is 23.5 Å². The van der Waals surface area contributed by atoms with Crippen LogP contribution in [0, 0.1) is 0 Å². The van der Waals surface area contributed by atoms with E-state index in [-0.39, 0.29) is 35.1 Å². The van der Waals surface area contributed by atoms with Crippen LogP contribution < -0.4 is 10.1 Å². The van der Waals surface area contributed by atoms with Crippen molar-refractivity contribution in [2.24, 2.45) is 0 Å². The fourth-order valence-electron chi connectivity index (χ4n) is 5.18. The molecule has 232 valence electrons. The highest BCUT2D eigenvalue weighted by molar-refractivity contribution is 8.93. The number of Topliss-reactive ketones (excluding diaryl/α,β-unsaturated/α-hetero) is 1. The van der Waals surface area contributed by atoms with Gasteiger partial charge in [-0.05, 0) is 49.4 Å². The molecular formula is C35H51BrN2O3S. The summed E-state index contributed by atoms with van der Waals surface area (Å²) in [6.45, 7) is 7.37. The number of halogens is 1. The molecule has 0 radical (unpaired) electrons. The lowest BCUT2D eigenvalue weighted by Gasteiger charge is -2.19. The highest BCUT2D eigenvalue weighted by atomic mass is 79.9. The minimum Gasteiger partial charge on any atom is -0.493 e. The number of amides is 1. The van der Waals surface area contributed by atoms with Crippen molar-refractivity contribution in [2.75, 3.05) is 17.8 Å². The van der Waals surface area contributed by atoms with Crippen molar-refractivity contribution < 1.29 is 14.3 Å². The number of carbonyl (C=O) groups is 2. The Morgan fingerprint density at radius 1 is 0.881 bits per heavy atom. The number of nitrogens with zero attached hydrogens (tertiary/aromatic N) is 1. The van der Waals surface area contributed by atoms with Crippen molar-refractivity contribution in [3.63, 3.8) is 0 Å². The van der Waals surface area contributed by atoms with E-state index in [0.29, 0.717) is 17.9 Å². The number of allylic oxidation sites excluding steroid dienone is 1. The highest BCUT2D eigenvalue weighted by Crippen LogP contribution is 2.27. The second-order valence-electron chi connectivity index (χ2n) is 11.3. The Morgan fingerprint density at radius 2 is 1.50 bits per heavy atom. The normalized spacial score (nSPS) is 12.5. The zero-order chi connectivity index (χ0) is 29.3. The summed E-state index contributed by atoms with van der Waals surface area (Å²) in [5.74, 6) is 1.37. The molecule has 0 unspecified atom stereocenters. The Kier molecular flexibility index (Phi) is 17.6. The van der Waals surface area contributed by atoms with E-state index in [2.05, 4.69) is 41.6 Å². The van der Waals surface area contributed by atoms with Crippen LogP contribution in [0.4, 0.5) is 5.69 Å². The number of hydrogen-bond donors (Lipinski definition) is 1. The molecule has 0 atom stereocenters. The average Bonchev–Trinajstić information content (AvgIpc) is 3.36. The van der Waals surface area contributed by atoms with Crippen molar-refractivity contribution in [2.45, 2.75) is 111 Å². The molecule has 0 saturated carbocycles. The van der Waals surface area contributed by atoms with E-state index in [1.807, 2.05) is 36.0 Å². The Labute approximate surface area is 269 Å². The molecule has 2 aromatic rings. The third-order valence-electron chi connectivity index (χ3n) is 7.67. The fourth-order valence-corrected chi connectivity index (χ4v) is 6.12. The second kappa shape index (κ2) is 20.6. The van der Waals surface area contributed by atoms with Crippen molar-refractivity contribution >= 4 is 46.1 Å². The molecule has 1 amide bonds. The van der Waals surface area contributed by atoms with Gasteiger partial charge in [-0.3, -0.25) is 9.59 Å². The molecule has 0 fully saturated rings. The summed E-state index contributed by atoms with van der Waals surface area (Å²) in [6, 6.07) is 13.5. The zero-order valence-corrected chi connectivity index (χ0v) is 28.5. The number of ketones is 1. The third kappa shape index (κ3) is 12.9. The number of anilines is 1. The van der Waals surface area contributed by atoms with Crippen LogP contribution >= 0.6 is 28.7 Å². The van der Waals surface area contributed by atoms with Gasteiger partial charge in [-0.15, -0.1) is 28.7 Å². The van der Waals surface area contributed by atoms with E-state index >= 15 is 0 Å². The predicted octanol–water partition coefficient (Wildman–Crippen LogP) is 10.1. The molecule has 5 nitrogen and oxygen atoms in total. The van der Waals surface area contributed by atoms with E-state index in [4.69, 9.17) is 4.74 Å². The summed E-state index contributed by atoms with van der Waals surface area (Å²) >= 11 is 1.81. The van der Waals surface area contributed by atoms with Crippen LogP contribution in [0.3, 0.4) is 0 Å². The third-order valence-corrected chi connectivity index (χ3v) is 8.63. The maximum absolute atomic E-state index is 12.9. The first-order chi connectivity index (χ1) is 20.0. The van der Waals surface area contributed by atoms with Crippen LogP contribution in [-0.4, -0.2) is 29.1 Å². The van der Waals surface area contributed by atoms with E-state index in [0.717, 1.165) is 36.5 Å². The van der Waals surface area contributed by atoms with Crippen LogP contribution in [0.5, 0.6) is 5.75 Å². The number of rotatable bonds is 20. The topological polar surface area (TPSA) is 58.6 Å². The minimum atomic E-state index is -0.122. The molecule has 1 heterocycles. The molecule has 1 aliphatic heterocycles. The van der Waals surface area contributed by atoms with E-state index < -0.39 is 0 Å². The molecule has 0 spiro atoms. The minimum absolute atomic E-state index is 0. The number of para-hydroxylation sites is 1. The quantitative estimate of drug-likeness (QED) is 0.113. The monoisotopic (exact) mass is 658 g/mol. The predicted molar refractivity (Wildman–Crippen MR) is 184 cm³/mol. The van der Waals surface area contributed by atoms with Crippen molar-refractivity contribution in [3.8, 4) is 5.75 Å². The lowest BCUT2D eigenvalue weighted by molar-refractivity contribution is -0.115. The Hall–Kier alpha value is -2.25. The Balaban J connectivity index is 0.00000616. The number of hydrogen-bond acceptors (Lipinski definition) is 5. The van der Waals surface area contributed by atoms with Gasteiger partial charge >= 0.3 is 0 Å². The zero-order valence-electron chi connectivity index (χ0n) is 25.9. The van der Waals surface area contributed by atoms with Gasteiger partial charge in [-0.25, -0.2) is 0 Å². The van der Waals surface area contributed by atoms with Crippen LogP contribution in [0.15, 0.2) is 53.6 Å². The lowest BCUT2D eigenvalue weighted by atomic mass is 10.0. The molecule has 3 rings (SSSR count). The number of ether oxygens (including phenoxy) is 1. The molecule has 0 bridgehead atoms. The van der Waals surface area contributed by atoms with E-state index in [1.165, 1.54) is 75.5 Å². The number of unbranched alkanes of at least 4 members (excludes halogenated alkanes) is 11. The van der Waals surface area contributed by atoms with Crippen molar-refractivity contribution in [3.05, 3.63) is 70.3 Å².